The third-order valence-corrected chi connectivity index (χ3v) is 3.58. The largest absolute Gasteiger partial charge is 0.478 e. The molecule has 1 N–H and O–H groups in total. The lowest BCUT2D eigenvalue weighted by Crippen LogP contribution is -2.22. The smallest absolute Gasteiger partial charge is 0.335 e. The second-order valence-electron chi connectivity index (χ2n) is 5.24. The Morgan fingerprint density at radius 1 is 1.41 bits per heavy atom. The van der Waals surface area contributed by atoms with Gasteiger partial charge in [0.2, 0.25) is 0 Å². The number of hydrogen-bond donors (Lipinski definition) is 1. The topological polar surface area (TPSA) is 37.3 Å². The molecular weight excluding hydrogens is 212 g/mol. The SMILES string of the molecule is CCC1=CCC(C)(C)c2ccc(C(=O)O)cc21. The molecule has 1 aromatic rings. The molecule has 0 fully saturated rings. The van der Waals surface area contributed by atoms with Gasteiger partial charge in [0.15, 0.2) is 0 Å². The fourth-order valence-corrected chi connectivity index (χ4v) is 2.47. The Bertz CT molecular complexity index is 496. The average Bonchev–Trinajstić information content (AvgIpc) is 2.28. The van der Waals surface area contributed by atoms with E-state index < -0.39 is 5.97 Å². The Morgan fingerprint density at radius 3 is 2.71 bits per heavy atom. The summed E-state index contributed by atoms with van der Waals surface area (Å²) in [5.74, 6) is -0.855. The molecule has 0 unspecified atom stereocenters. The molecule has 17 heavy (non-hydrogen) atoms. The maximum atomic E-state index is 11.0. The molecule has 0 bridgehead atoms. The van der Waals surface area contributed by atoms with Gasteiger partial charge in [0.05, 0.1) is 5.56 Å². The predicted octanol–water partition coefficient (Wildman–Crippen LogP) is 3.86. The van der Waals surface area contributed by atoms with E-state index in [-0.39, 0.29) is 5.41 Å². The van der Waals surface area contributed by atoms with Crippen LogP contribution in [-0.4, -0.2) is 11.1 Å². The van der Waals surface area contributed by atoms with Gasteiger partial charge in [0.25, 0.3) is 0 Å². The first-order chi connectivity index (χ1) is 7.95. The van der Waals surface area contributed by atoms with Crippen molar-refractivity contribution in [1.82, 2.24) is 0 Å². The molecule has 0 atom stereocenters. The number of allylic oxidation sites excluding steroid dienone is 2. The number of hydrogen-bond acceptors (Lipinski definition) is 1. The molecule has 1 aliphatic rings. The summed E-state index contributed by atoms with van der Waals surface area (Å²) in [4.78, 5) is 11.0. The Morgan fingerprint density at radius 2 is 2.12 bits per heavy atom. The normalized spacial score (nSPS) is 17.2. The summed E-state index contributed by atoms with van der Waals surface area (Å²) in [6.45, 7) is 6.52. The lowest BCUT2D eigenvalue weighted by atomic mass is 9.72. The van der Waals surface area contributed by atoms with Gasteiger partial charge in [-0.05, 0) is 47.1 Å². The van der Waals surface area contributed by atoms with Crippen LogP contribution in [0.2, 0.25) is 0 Å². The lowest BCUT2D eigenvalue weighted by Gasteiger charge is -2.32. The van der Waals surface area contributed by atoms with Crippen molar-refractivity contribution in [2.45, 2.75) is 39.0 Å². The molecule has 0 amide bonds. The van der Waals surface area contributed by atoms with Crippen LogP contribution in [0, 0.1) is 0 Å². The number of fused-ring (bicyclic) bond motifs is 1. The van der Waals surface area contributed by atoms with Gasteiger partial charge in [-0.2, -0.15) is 0 Å². The van der Waals surface area contributed by atoms with Crippen LogP contribution in [0.1, 0.15) is 55.1 Å². The van der Waals surface area contributed by atoms with E-state index in [1.54, 1.807) is 6.07 Å². The number of benzene rings is 1. The Kier molecular flexibility index (Phi) is 2.82. The van der Waals surface area contributed by atoms with Gasteiger partial charge < -0.3 is 5.11 Å². The second kappa shape index (κ2) is 4.02. The van der Waals surface area contributed by atoms with Crippen molar-refractivity contribution < 1.29 is 9.90 Å². The van der Waals surface area contributed by atoms with Gasteiger partial charge in [0.1, 0.15) is 0 Å². The Balaban J connectivity index is 2.62. The molecule has 0 heterocycles. The number of aromatic carboxylic acids is 1. The van der Waals surface area contributed by atoms with E-state index in [2.05, 4.69) is 26.8 Å². The predicted molar refractivity (Wildman–Crippen MR) is 69.3 cm³/mol. The van der Waals surface area contributed by atoms with E-state index >= 15 is 0 Å². The van der Waals surface area contributed by atoms with E-state index in [4.69, 9.17) is 5.11 Å². The van der Waals surface area contributed by atoms with Crippen molar-refractivity contribution in [3.8, 4) is 0 Å². The third-order valence-electron chi connectivity index (χ3n) is 3.58. The standard InChI is InChI=1S/C15H18O2/c1-4-10-7-8-15(2,3)13-6-5-11(14(16)17)9-12(10)13/h5-7,9H,4,8H2,1-3H3,(H,16,17). The summed E-state index contributed by atoms with van der Waals surface area (Å²) in [7, 11) is 0. The van der Waals surface area contributed by atoms with Crippen molar-refractivity contribution in [2.24, 2.45) is 0 Å². The van der Waals surface area contributed by atoms with Gasteiger partial charge in [-0.1, -0.05) is 32.9 Å². The highest BCUT2D eigenvalue weighted by molar-refractivity contribution is 5.89. The monoisotopic (exact) mass is 230 g/mol. The summed E-state index contributed by atoms with van der Waals surface area (Å²) in [6.07, 6.45) is 4.22. The first-order valence-electron chi connectivity index (χ1n) is 6.03. The highest BCUT2D eigenvalue weighted by Crippen LogP contribution is 2.40. The highest BCUT2D eigenvalue weighted by atomic mass is 16.4. The second-order valence-corrected chi connectivity index (χ2v) is 5.24. The van der Waals surface area contributed by atoms with E-state index in [1.807, 2.05) is 12.1 Å². The zero-order valence-electron chi connectivity index (χ0n) is 10.6. The number of rotatable bonds is 2. The van der Waals surface area contributed by atoms with E-state index in [0.29, 0.717) is 5.56 Å². The highest BCUT2D eigenvalue weighted by Gasteiger charge is 2.27. The molecule has 0 radical (unpaired) electrons. The molecule has 0 aromatic heterocycles. The molecule has 0 spiro atoms. The molecule has 2 nitrogen and oxygen atoms in total. The molecule has 2 rings (SSSR count). The van der Waals surface area contributed by atoms with Crippen LogP contribution in [-0.2, 0) is 5.41 Å². The van der Waals surface area contributed by atoms with Crippen LogP contribution in [0.3, 0.4) is 0 Å². The Hall–Kier alpha value is -1.57. The van der Waals surface area contributed by atoms with Gasteiger partial charge in [-0.15, -0.1) is 0 Å². The molecule has 1 aliphatic carbocycles. The zero-order chi connectivity index (χ0) is 12.6. The van der Waals surface area contributed by atoms with Crippen LogP contribution in [0.15, 0.2) is 24.3 Å². The van der Waals surface area contributed by atoms with Crippen molar-refractivity contribution in [3.05, 3.63) is 41.0 Å². The fraction of sp³-hybridized carbons (Fsp3) is 0.400. The van der Waals surface area contributed by atoms with Crippen molar-refractivity contribution in [1.29, 1.82) is 0 Å². The zero-order valence-corrected chi connectivity index (χ0v) is 10.6. The van der Waals surface area contributed by atoms with Crippen LogP contribution in [0.4, 0.5) is 0 Å². The molecule has 90 valence electrons. The Labute approximate surface area is 102 Å². The number of carboxylic acids is 1. The minimum atomic E-state index is -0.855. The van der Waals surface area contributed by atoms with Crippen molar-refractivity contribution >= 4 is 11.5 Å². The minimum absolute atomic E-state index is 0.102. The van der Waals surface area contributed by atoms with Gasteiger partial charge in [-0.25, -0.2) is 4.79 Å². The van der Waals surface area contributed by atoms with Crippen molar-refractivity contribution in [2.75, 3.05) is 0 Å². The third kappa shape index (κ3) is 1.99. The van der Waals surface area contributed by atoms with Gasteiger partial charge >= 0.3 is 5.97 Å². The fourth-order valence-electron chi connectivity index (χ4n) is 2.47. The first kappa shape index (κ1) is 11.9. The van der Waals surface area contributed by atoms with Crippen LogP contribution >= 0.6 is 0 Å². The minimum Gasteiger partial charge on any atom is -0.478 e. The molecule has 0 aliphatic heterocycles. The molecule has 0 saturated heterocycles. The van der Waals surface area contributed by atoms with E-state index in [0.717, 1.165) is 18.4 Å². The van der Waals surface area contributed by atoms with Crippen molar-refractivity contribution in [3.63, 3.8) is 0 Å². The molecule has 0 saturated carbocycles. The quantitative estimate of drug-likeness (QED) is 0.837. The molecular formula is C15H18O2. The maximum absolute atomic E-state index is 11.0. The summed E-state index contributed by atoms with van der Waals surface area (Å²) >= 11 is 0. The summed E-state index contributed by atoms with van der Waals surface area (Å²) in [5.41, 5.74) is 4.12. The average molecular weight is 230 g/mol. The molecule has 2 heteroatoms. The number of carbonyl (C=O) groups is 1. The van der Waals surface area contributed by atoms with Crippen LogP contribution in [0.5, 0.6) is 0 Å². The first-order valence-corrected chi connectivity index (χ1v) is 6.03. The number of carboxylic acid groups (broad SMARTS) is 1. The van der Waals surface area contributed by atoms with Gasteiger partial charge in [-0.3, -0.25) is 0 Å². The van der Waals surface area contributed by atoms with Crippen LogP contribution in [0.25, 0.3) is 5.57 Å². The maximum Gasteiger partial charge on any atom is 0.335 e. The summed E-state index contributed by atoms with van der Waals surface area (Å²) in [5, 5.41) is 9.06. The molecule has 1 aromatic carbocycles. The summed E-state index contributed by atoms with van der Waals surface area (Å²) < 4.78 is 0. The van der Waals surface area contributed by atoms with E-state index in [1.165, 1.54) is 11.1 Å². The summed E-state index contributed by atoms with van der Waals surface area (Å²) in [6, 6.07) is 5.50. The van der Waals surface area contributed by atoms with Gasteiger partial charge in [0, 0.05) is 0 Å². The van der Waals surface area contributed by atoms with E-state index in [9.17, 15) is 4.79 Å². The lowest BCUT2D eigenvalue weighted by molar-refractivity contribution is 0.0697. The van der Waals surface area contributed by atoms with Crippen LogP contribution < -0.4 is 0 Å².